The molecule has 0 unspecified atom stereocenters. The number of rotatable bonds is 9. The van der Waals surface area contributed by atoms with Gasteiger partial charge in [0.05, 0.1) is 6.61 Å². The van der Waals surface area contributed by atoms with Gasteiger partial charge >= 0.3 is 0 Å². The minimum atomic E-state index is 0. The van der Waals surface area contributed by atoms with Gasteiger partial charge in [-0.05, 0) is 36.2 Å². The molecule has 1 aromatic heterocycles. The van der Waals surface area contributed by atoms with Gasteiger partial charge in [-0.1, -0.05) is 36.3 Å². The average molecular weight is 402 g/mol. The van der Waals surface area contributed by atoms with Crippen LogP contribution in [0, 0.1) is 0 Å². The minimum absolute atomic E-state index is 0. The van der Waals surface area contributed by atoms with Crippen LogP contribution in [0.5, 0.6) is 5.75 Å². The van der Waals surface area contributed by atoms with Crippen LogP contribution in [0.3, 0.4) is 0 Å². The Morgan fingerprint density at radius 3 is 2.46 bits per heavy atom. The van der Waals surface area contributed by atoms with Crippen molar-refractivity contribution in [2.24, 2.45) is 5.73 Å². The summed E-state index contributed by atoms with van der Waals surface area (Å²) in [5.74, 6) is 1.77. The van der Waals surface area contributed by atoms with Crippen molar-refractivity contribution in [2.45, 2.75) is 32.7 Å². The van der Waals surface area contributed by atoms with Gasteiger partial charge in [-0.3, -0.25) is 4.79 Å². The molecule has 3 rings (SSSR count). The molecule has 0 aliphatic rings. The standard InChI is InChI=1S/C21H23N3O3.ClH/c1-2-13-26-18-9-7-16(8-10-18)19(25)11-12-20-23-21(24-27-20)17-5-3-15(14-22)4-6-17;/h3-10H,2,11-14,22H2,1H3;1H. The molecule has 148 valence electrons. The average Bonchev–Trinajstić information content (AvgIpc) is 3.20. The summed E-state index contributed by atoms with van der Waals surface area (Å²) in [7, 11) is 0. The number of Topliss-reactive ketones (excluding diaryl/α,β-unsaturated/α-hetero) is 1. The number of ether oxygens (including phenoxy) is 1. The molecule has 0 radical (unpaired) electrons. The van der Waals surface area contributed by atoms with Crippen LogP contribution < -0.4 is 10.5 Å². The van der Waals surface area contributed by atoms with E-state index in [0.717, 1.165) is 23.3 Å². The van der Waals surface area contributed by atoms with Gasteiger partial charge < -0.3 is 15.0 Å². The second-order valence-corrected chi connectivity index (χ2v) is 6.21. The normalized spacial score (nSPS) is 10.4. The molecule has 2 aromatic carbocycles. The predicted molar refractivity (Wildman–Crippen MR) is 110 cm³/mol. The summed E-state index contributed by atoms with van der Waals surface area (Å²) >= 11 is 0. The third kappa shape index (κ3) is 5.65. The van der Waals surface area contributed by atoms with Crippen molar-refractivity contribution in [1.29, 1.82) is 0 Å². The summed E-state index contributed by atoms with van der Waals surface area (Å²) in [6.07, 6.45) is 1.66. The highest BCUT2D eigenvalue weighted by Gasteiger charge is 2.12. The van der Waals surface area contributed by atoms with Crippen molar-refractivity contribution >= 4 is 18.2 Å². The van der Waals surface area contributed by atoms with Crippen molar-refractivity contribution in [2.75, 3.05) is 6.61 Å². The lowest BCUT2D eigenvalue weighted by Crippen LogP contribution is -2.02. The zero-order chi connectivity index (χ0) is 19.1. The summed E-state index contributed by atoms with van der Waals surface area (Å²) < 4.78 is 10.8. The third-order valence-electron chi connectivity index (χ3n) is 4.13. The maximum atomic E-state index is 12.3. The van der Waals surface area contributed by atoms with Crippen LogP contribution in [0.2, 0.25) is 0 Å². The van der Waals surface area contributed by atoms with E-state index in [0.29, 0.717) is 43.3 Å². The summed E-state index contributed by atoms with van der Waals surface area (Å²) in [6.45, 7) is 3.21. The van der Waals surface area contributed by atoms with Crippen molar-refractivity contribution in [3.8, 4) is 17.1 Å². The van der Waals surface area contributed by atoms with Crippen LogP contribution in [-0.2, 0) is 13.0 Å². The molecule has 28 heavy (non-hydrogen) atoms. The molecule has 1 heterocycles. The highest BCUT2D eigenvalue weighted by molar-refractivity contribution is 5.96. The van der Waals surface area contributed by atoms with E-state index in [9.17, 15) is 4.79 Å². The zero-order valence-electron chi connectivity index (χ0n) is 15.8. The SMILES string of the molecule is CCCOc1ccc(C(=O)CCc2nc(-c3ccc(CN)cc3)no2)cc1.Cl. The van der Waals surface area contributed by atoms with E-state index in [1.807, 2.05) is 36.4 Å². The van der Waals surface area contributed by atoms with E-state index in [1.54, 1.807) is 12.1 Å². The Balaban J connectivity index is 0.00000280. The van der Waals surface area contributed by atoms with Gasteiger partial charge in [0.2, 0.25) is 11.7 Å². The second kappa shape index (κ2) is 10.6. The number of benzene rings is 2. The van der Waals surface area contributed by atoms with Gasteiger partial charge in [-0.15, -0.1) is 12.4 Å². The van der Waals surface area contributed by atoms with Crippen molar-refractivity contribution in [1.82, 2.24) is 10.1 Å². The molecule has 0 bridgehead atoms. The molecular weight excluding hydrogens is 378 g/mol. The van der Waals surface area contributed by atoms with Crippen molar-refractivity contribution in [3.63, 3.8) is 0 Å². The van der Waals surface area contributed by atoms with Crippen LogP contribution in [0.1, 0.15) is 41.6 Å². The molecule has 7 heteroatoms. The van der Waals surface area contributed by atoms with Gasteiger partial charge in [0, 0.05) is 30.5 Å². The summed E-state index contributed by atoms with van der Waals surface area (Å²) in [4.78, 5) is 16.7. The molecular formula is C21H24ClN3O3. The molecule has 3 aromatic rings. The number of carbonyl (C=O) groups is 1. The predicted octanol–water partition coefficient (Wildman–Crippen LogP) is 4.22. The molecule has 0 aliphatic carbocycles. The van der Waals surface area contributed by atoms with Crippen LogP contribution in [-0.4, -0.2) is 22.5 Å². The molecule has 0 saturated carbocycles. The fourth-order valence-corrected chi connectivity index (χ4v) is 2.59. The zero-order valence-corrected chi connectivity index (χ0v) is 16.6. The van der Waals surface area contributed by atoms with E-state index >= 15 is 0 Å². The van der Waals surface area contributed by atoms with Crippen LogP contribution >= 0.6 is 12.4 Å². The van der Waals surface area contributed by atoms with Gasteiger partial charge in [0.15, 0.2) is 5.78 Å². The van der Waals surface area contributed by atoms with Crippen LogP contribution in [0.25, 0.3) is 11.4 Å². The quantitative estimate of drug-likeness (QED) is 0.539. The first-order valence-electron chi connectivity index (χ1n) is 9.07. The first kappa shape index (κ1) is 21.6. The lowest BCUT2D eigenvalue weighted by molar-refractivity contribution is 0.0979. The van der Waals surface area contributed by atoms with Crippen LogP contribution in [0.15, 0.2) is 53.1 Å². The fourth-order valence-electron chi connectivity index (χ4n) is 2.59. The summed E-state index contributed by atoms with van der Waals surface area (Å²) in [5.41, 5.74) is 8.15. The Morgan fingerprint density at radius 1 is 1.11 bits per heavy atom. The van der Waals surface area contributed by atoms with Gasteiger partial charge in [-0.25, -0.2) is 0 Å². The first-order valence-corrected chi connectivity index (χ1v) is 9.07. The largest absolute Gasteiger partial charge is 0.494 e. The van der Waals surface area contributed by atoms with Gasteiger partial charge in [0.1, 0.15) is 5.75 Å². The number of aryl methyl sites for hydroxylation is 1. The van der Waals surface area contributed by atoms with Crippen molar-refractivity contribution < 1.29 is 14.1 Å². The minimum Gasteiger partial charge on any atom is -0.494 e. The highest BCUT2D eigenvalue weighted by Crippen LogP contribution is 2.18. The Bertz CT molecular complexity index is 877. The van der Waals surface area contributed by atoms with Gasteiger partial charge in [-0.2, -0.15) is 4.98 Å². The summed E-state index contributed by atoms with van der Waals surface area (Å²) in [5, 5.41) is 3.99. The fraction of sp³-hybridized carbons (Fsp3) is 0.286. The van der Waals surface area contributed by atoms with Gasteiger partial charge in [0.25, 0.3) is 0 Å². The Labute approximate surface area is 170 Å². The Kier molecular flexibility index (Phi) is 8.17. The number of hydrogen-bond acceptors (Lipinski definition) is 6. The molecule has 0 amide bonds. The van der Waals surface area contributed by atoms with E-state index in [4.69, 9.17) is 15.0 Å². The molecule has 0 saturated heterocycles. The lowest BCUT2D eigenvalue weighted by atomic mass is 10.1. The molecule has 0 aliphatic heterocycles. The Hall–Kier alpha value is -2.70. The number of nitrogens with zero attached hydrogens (tertiary/aromatic N) is 2. The summed E-state index contributed by atoms with van der Waals surface area (Å²) in [6, 6.07) is 14.9. The molecule has 0 fully saturated rings. The van der Waals surface area contributed by atoms with Crippen molar-refractivity contribution in [3.05, 3.63) is 65.5 Å². The van der Waals surface area contributed by atoms with E-state index in [2.05, 4.69) is 17.1 Å². The highest BCUT2D eigenvalue weighted by atomic mass is 35.5. The third-order valence-corrected chi connectivity index (χ3v) is 4.13. The number of nitrogens with two attached hydrogens (primary N) is 1. The Morgan fingerprint density at radius 2 is 1.82 bits per heavy atom. The smallest absolute Gasteiger partial charge is 0.227 e. The van der Waals surface area contributed by atoms with E-state index in [1.165, 1.54) is 0 Å². The molecule has 0 spiro atoms. The molecule has 2 N–H and O–H groups in total. The second-order valence-electron chi connectivity index (χ2n) is 6.21. The number of aromatic nitrogens is 2. The monoisotopic (exact) mass is 401 g/mol. The van der Waals surface area contributed by atoms with E-state index < -0.39 is 0 Å². The number of carbonyl (C=O) groups excluding carboxylic acids is 1. The lowest BCUT2D eigenvalue weighted by Gasteiger charge is -2.05. The first-order chi connectivity index (χ1) is 13.2. The number of ketones is 1. The number of hydrogen-bond donors (Lipinski definition) is 1. The number of halogens is 1. The maximum absolute atomic E-state index is 12.3. The molecule has 0 atom stereocenters. The van der Waals surface area contributed by atoms with Crippen LogP contribution in [0.4, 0.5) is 0 Å². The maximum Gasteiger partial charge on any atom is 0.227 e. The topological polar surface area (TPSA) is 91.2 Å². The molecule has 6 nitrogen and oxygen atoms in total. The van der Waals surface area contributed by atoms with E-state index in [-0.39, 0.29) is 18.2 Å².